The molecule has 0 aromatic heterocycles. The lowest BCUT2D eigenvalue weighted by Gasteiger charge is -2.04. The average molecular weight is 243 g/mol. The first-order valence-electron chi connectivity index (χ1n) is 4.51. The molecule has 7 heteroatoms. The van der Waals surface area contributed by atoms with Gasteiger partial charge in [0, 0.05) is 19.2 Å². The zero-order chi connectivity index (χ0) is 12.2. The fourth-order valence-electron chi connectivity index (χ4n) is 1.15. The van der Waals surface area contributed by atoms with Crippen molar-refractivity contribution in [1.82, 2.24) is 10.0 Å². The maximum atomic E-state index is 11.3. The summed E-state index contributed by atoms with van der Waals surface area (Å²) in [5.74, 6) is -0.225. The third-order valence-electron chi connectivity index (χ3n) is 1.89. The largest absolute Gasteiger partial charge is 0.355 e. The highest BCUT2D eigenvalue weighted by molar-refractivity contribution is 7.87. The number of benzene rings is 1. The lowest BCUT2D eigenvalue weighted by Crippen LogP contribution is -2.30. The Hall–Kier alpha value is -1.44. The molecule has 6 nitrogen and oxygen atoms in total. The summed E-state index contributed by atoms with van der Waals surface area (Å²) in [6, 6.07) is 6.60. The molecule has 1 aromatic carbocycles. The second-order valence-electron chi connectivity index (χ2n) is 3.15. The summed E-state index contributed by atoms with van der Waals surface area (Å²) in [6.07, 6.45) is 0. The van der Waals surface area contributed by atoms with Gasteiger partial charge in [-0.25, -0.2) is 5.14 Å². The first-order valence-corrected chi connectivity index (χ1v) is 6.05. The molecular weight excluding hydrogens is 230 g/mol. The van der Waals surface area contributed by atoms with E-state index in [4.69, 9.17) is 5.14 Å². The SMILES string of the molecule is CNC(=O)c1cccc(CNS(N)(=O)=O)c1. The Bertz CT molecular complexity index is 485. The van der Waals surface area contributed by atoms with Crippen molar-refractivity contribution in [3.8, 4) is 0 Å². The van der Waals surface area contributed by atoms with Crippen LogP contribution < -0.4 is 15.2 Å². The van der Waals surface area contributed by atoms with E-state index in [1.807, 2.05) is 0 Å². The number of carbonyl (C=O) groups excluding carboxylic acids is 1. The number of hydrogen-bond acceptors (Lipinski definition) is 3. The van der Waals surface area contributed by atoms with Gasteiger partial charge in [0.15, 0.2) is 0 Å². The van der Waals surface area contributed by atoms with Crippen LogP contribution in [0.5, 0.6) is 0 Å². The van der Waals surface area contributed by atoms with Crippen molar-refractivity contribution in [1.29, 1.82) is 0 Å². The molecule has 0 aliphatic rings. The molecule has 16 heavy (non-hydrogen) atoms. The predicted octanol–water partition coefficient (Wildman–Crippen LogP) is -0.661. The lowest BCUT2D eigenvalue weighted by molar-refractivity contribution is 0.0963. The molecule has 88 valence electrons. The Morgan fingerprint density at radius 3 is 2.69 bits per heavy atom. The molecule has 0 atom stereocenters. The zero-order valence-corrected chi connectivity index (χ0v) is 9.54. The van der Waals surface area contributed by atoms with E-state index in [0.29, 0.717) is 11.1 Å². The van der Waals surface area contributed by atoms with Crippen LogP contribution in [0.1, 0.15) is 15.9 Å². The van der Waals surface area contributed by atoms with Crippen molar-refractivity contribution in [2.45, 2.75) is 6.54 Å². The summed E-state index contributed by atoms with van der Waals surface area (Å²) in [7, 11) is -2.19. The maximum absolute atomic E-state index is 11.3. The van der Waals surface area contributed by atoms with Gasteiger partial charge in [-0.15, -0.1) is 0 Å². The second-order valence-corrected chi connectivity index (χ2v) is 4.52. The first-order chi connectivity index (χ1) is 7.42. The van der Waals surface area contributed by atoms with E-state index < -0.39 is 10.2 Å². The fraction of sp³-hybridized carbons (Fsp3) is 0.222. The van der Waals surface area contributed by atoms with Gasteiger partial charge >= 0.3 is 0 Å². The summed E-state index contributed by atoms with van der Waals surface area (Å²) >= 11 is 0. The van der Waals surface area contributed by atoms with Gasteiger partial charge in [0.25, 0.3) is 16.1 Å². The summed E-state index contributed by atoms with van der Waals surface area (Å²) in [4.78, 5) is 11.3. The van der Waals surface area contributed by atoms with Crippen LogP contribution in [0.25, 0.3) is 0 Å². The molecule has 1 rings (SSSR count). The Morgan fingerprint density at radius 1 is 1.44 bits per heavy atom. The molecular formula is C9H13N3O3S. The molecule has 0 unspecified atom stereocenters. The molecule has 0 aliphatic carbocycles. The number of rotatable bonds is 4. The van der Waals surface area contributed by atoms with E-state index in [1.54, 1.807) is 24.3 Å². The third kappa shape index (κ3) is 3.97. The molecule has 1 amide bonds. The number of nitrogens with two attached hydrogens (primary N) is 1. The van der Waals surface area contributed by atoms with Crippen LogP contribution in [0.3, 0.4) is 0 Å². The third-order valence-corrected chi connectivity index (χ3v) is 2.44. The van der Waals surface area contributed by atoms with Crippen LogP contribution in [0.4, 0.5) is 0 Å². The highest BCUT2D eigenvalue weighted by Crippen LogP contribution is 2.05. The predicted molar refractivity (Wildman–Crippen MR) is 59.8 cm³/mol. The van der Waals surface area contributed by atoms with Crippen LogP contribution in [-0.2, 0) is 16.8 Å². The fourth-order valence-corrected chi connectivity index (χ4v) is 1.52. The summed E-state index contributed by atoms with van der Waals surface area (Å²) in [6.45, 7) is 0.0592. The number of hydrogen-bond donors (Lipinski definition) is 3. The van der Waals surface area contributed by atoms with Gasteiger partial charge in [0.1, 0.15) is 0 Å². The minimum absolute atomic E-state index is 0.0592. The van der Waals surface area contributed by atoms with Gasteiger partial charge < -0.3 is 5.32 Å². The molecule has 1 aromatic rings. The van der Waals surface area contributed by atoms with Gasteiger partial charge in [-0.1, -0.05) is 12.1 Å². The van der Waals surface area contributed by atoms with E-state index in [9.17, 15) is 13.2 Å². The Kier molecular flexibility index (Phi) is 3.99. The van der Waals surface area contributed by atoms with Gasteiger partial charge in [0.2, 0.25) is 0 Å². The van der Waals surface area contributed by atoms with Gasteiger partial charge in [-0.3, -0.25) is 4.79 Å². The van der Waals surface area contributed by atoms with Crippen LogP contribution in [0.2, 0.25) is 0 Å². The quantitative estimate of drug-likeness (QED) is 0.654. The monoisotopic (exact) mass is 243 g/mol. The molecule has 0 radical (unpaired) electrons. The second kappa shape index (κ2) is 5.06. The van der Waals surface area contributed by atoms with Crippen molar-refractivity contribution in [2.75, 3.05) is 7.05 Å². The summed E-state index contributed by atoms with van der Waals surface area (Å²) in [5, 5.41) is 7.27. The minimum atomic E-state index is -3.71. The van der Waals surface area contributed by atoms with Crippen LogP contribution in [0, 0.1) is 0 Å². The maximum Gasteiger partial charge on any atom is 0.274 e. The van der Waals surface area contributed by atoms with Gasteiger partial charge in [-0.2, -0.15) is 13.1 Å². The zero-order valence-electron chi connectivity index (χ0n) is 8.73. The molecule has 0 spiro atoms. The average Bonchev–Trinajstić information content (AvgIpc) is 2.25. The molecule has 0 aliphatic heterocycles. The van der Waals surface area contributed by atoms with Crippen molar-refractivity contribution in [3.63, 3.8) is 0 Å². The lowest BCUT2D eigenvalue weighted by atomic mass is 10.1. The molecule has 0 saturated heterocycles. The van der Waals surface area contributed by atoms with E-state index >= 15 is 0 Å². The summed E-state index contributed by atoms with van der Waals surface area (Å²) < 4.78 is 23.5. The minimum Gasteiger partial charge on any atom is -0.355 e. The van der Waals surface area contributed by atoms with Gasteiger partial charge in [0.05, 0.1) is 0 Å². The number of carbonyl (C=O) groups is 1. The molecule has 0 bridgehead atoms. The van der Waals surface area contributed by atoms with E-state index in [-0.39, 0.29) is 12.5 Å². The Balaban J connectivity index is 2.79. The normalized spacial score (nSPS) is 11.1. The van der Waals surface area contributed by atoms with Crippen molar-refractivity contribution < 1.29 is 13.2 Å². The number of nitrogens with one attached hydrogen (secondary N) is 2. The van der Waals surface area contributed by atoms with Crippen molar-refractivity contribution in [2.24, 2.45) is 5.14 Å². The van der Waals surface area contributed by atoms with Gasteiger partial charge in [-0.05, 0) is 17.7 Å². The highest BCUT2D eigenvalue weighted by atomic mass is 32.2. The van der Waals surface area contributed by atoms with E-state index in [0.717, 1.165) is 0 Å². The summed E-state index contributed by atoms with van der Waals surface area (Å²) in [5.41, 5.74) is 1.13. The molecule has 0 fully saturated rings. The van der Waals surface area contributed by atoms with Crippen molar-refractivity contribution >= 4 is 16.1 Å². The highest BCUT2D eigenvalue weighted by Gasteiger charge is 2.05. The molecule has 4 N–H and O–H groups in total. The smallest absolute Gasteiger partial charge is 0.274 e. The van der Waals surface area contributed by atoms with E-state index in [2.05, 4.69) is 10.0 Å². The van der Waals surface area contributed by atoms with Crippen LogP contribution in [0.15, 0.2) is 24.3 Å². The van der Waals surface area contributed by atoms with Crippen LogP contribution in [-0.4, -0.2) is 21.4 Å². The van der Waals surface area contributed by atoms with Crippen LogP contribution >= 0.6 is 0 Å². The Morgan fingerprint density at radius 2 is 2.12 bits per heavy atom. The first kappa shape index (κ1) is 12.6. The van der Waals surface area contributed by atoms with Crippen molar-refractivity contribution in [3.05, 3.63) is 35.4 Å². The molecule has 0 saturated carbocycles. The molecule has 0 heterocycles. The Labute approximate surface area is 94.0 Å². The standard InChI is InChI=1S/C9H13N3O3S/c1-11-9(13)8-4-2-3-7(5-8)6-12-16(10,14)15/h2-5,12H,6H2,1H3,(H,11,13)(H2,10,14,15). The van der Waals surface area contributed by atoms with E-state index in [1.165, 1.54) is 7.05 Å². The topological polar surface area (TPSA) is 101 Å². The number of amides is 1.